The van der Waals surface area contributed by atoms with E-state index >= 15 is 0 Å². The number of hydrogen-bond acceptors (Lipinski definition) is 4. The van der Waals surface area contributed by atoms with Crippen molar-refractivity contribution >= 4 is 40.2 Å². The van der Waals surface area contributed by atoms with Gasteiger partial charge in [-0.3, -0.25) is 24.5 Å². The minimum atomic E-state index is -0.666. The molecule has 34 heavy (non-hydrogen) atoms. The maximum absolute atomic E-state index is 13.2. The van der Waals surface area contributed by atoms with Gasteiger partial charge in [0.05, 0.1) is 0 Å². The number of nitrogens with zero attached hydrogens (tertiary/aromatic N) is 1. The van der Waals surface area contributed by atoms with Gasteiger partial charge in [-0.15, -0.1) is 0 Å². The number of anilines is 1. The first-order chi connectivity index (χ1) is 16.3. The predicted molar refractivity (Wildman–Crippen MR) is 127 cm³/mol. The van der Waals surface area contributed by atoms with E-state index in [1.807, 2.05) is 24.3 Å². The zero-order chi connectivity index (χ0) is 24.0. The summed E-state index contributed by atoms with van der Waals surface area (Å²) in [5.74, 6) is -0.850. The number of hydrogen-bond donors (Lipinski definition) is 3. The molecule has 3 N–H and O–H groups in total. The topological polar surface area (TPSA) is 111 Å². The number of rotatable bonds is 5. The van der Waals surface area contributed by atoms with Gasteiger partial charge in [-0.2, -0.15) is 0 Å². The van der Waals surface area contributed by atoms with E-state index in [9.17, 15) is 19.2 Å². The number of amides is 4. The zero-order valence-electron chi connectivity index (χ0n) is 19.1. The average Bonchev–Trinajstić information content (AvgIpc) is 3.31. The molecule has 0 aliphatic carbocycles. The van der Waals surface area contributed by atoms with E-state index in [0.717, 1.165) is 28.5 Å². The first-order valence-corrected chi connectivity index (χ1v) is 11.5. The Morgan fingerprint density at radius 2 is 1.94 bits per heavy atom. The number of benzene rings is 2. The Hall–Kier alpha value is -3.94. The molecular formula is C26H26N4O4. The van der Waals surface area contributed by atoms with E-state index in [2.05, 4.69) is 29.5 Å². The number of H-pyrrole nitrogens is 1. The molecule has 174 valence electrons. The number of piperidine rings is 1. The number of para-hydroxylation sites is 1. The molecule has 0 bridgehead atoms. The fourth-order valence-corrected chi connectivity index (χ4v) is 4.86. The Labute approximate surface area is 196 Å². The highest BCUT2D eigenvalue weighted by atomic mass is 16.2. The van der Waals surface area contributed by atoms with Crippen LogP contribution >= 0.6 is 0 Å². The number of aromatic amines is 1. The van der Waals surface area contributed by atoms with Gasteiger partial charge in [0.15, 0.2) is 0 Å². The first kappa shape index (κ1) is 21.9. The summed E-state index contributed by atoms with van der Waals surface area (Å²) in [6, 6.07) is 12.4. The standard InChI is InChI=1S/C26H26N4O4/c1-14(2)11-19-18-5-3-4-6-20(18)28-23(19)25(33)27-16-7-8-17-15(12-16)13-30(26(17)34)21-9-10-22(31)29-24(21)32/h3-8,12,14,21,28H,9-11,13H2,1-2H3,(H,27,33)(H,29,31,32). The largest absolute Gasteiger partial charge is 0.350 e. The van der Waals surface area contributed by atoms with Crippen molar-refractivity contribution in [3.05, 3.63) is 64.8 Å². The molecule has 2 aliphatic heterocycles. The van der Waals surface area contributed by atoms with Gasteiger partial charge >= 0.3 is 0 Å². The molecule has 0 saturated carbocycles. The van der Waals surface area contributed by atoms with Crippen LogP contribution in [0.15, 0.2) is 42.5 Å². The van der Waals surface area contributed by atoms with Gasteiger partial charge < -0.3 is 15.2 Å². The van der Waals surface area contributed by atoms with Crippen LogP contribution in [0.3, 0.4) is 0 Å². The lowest BCUT2D eigenvalue weighted by Crippen LogP contribution is -2.52. The van der Waals surface area contributed by atoms with E-state index < -0.39 is 11.9 Å². The first-order valence-electron chi connectivity index (χ1n) is 11.5. The molecule has 4 amide bonds. The molecule has 2 aliphatic rings. The average molecular weight is 459 g/mol. The second-order valence-electron chi connectivity index (χ2n) is 9.35. The van der Waals surface area contributed by atoms with Gasteiger partial charge in [-0.1, -0.05) is 32.0 Å². The maximum Gasteiger partial charge on any atom is 0.272 e. The summed E-state index contributed by atoms with van der Waals surface area (Å²) in [7, 11) is 0. The van der Waals surface area contributed by atoms with Crippen molar-refractivity contribution < 1.29 is 19.2 Å². The molecule has 2 aromatic carbocycles. The van der Waals surface area contributed by atoms with Crippen molar-refractivity contribution in [2.75, 3.05) is 5.32 Å². The second kappa shape index (κ2) is 8.44. The lowest BCUT2D eigenvalue weighted by Gasteiger charge is -2.29. The van der Waals surface area contributed by atoms with Crippen molar-refractivity contribution in [2.24, 2.45) is 5.92 Å². The van der Waals surface area contributed by atoms with E-state index in [0.29, 0.717) is 29.3 Å². The normalized spacial score (nSPS) is 17.9. The highest BCUT2D eigenvalue weighted by molar-refractivity contribution is 6.09. The monoisotopic (exact) mass is 458 g/mol. The van der Waals surface area contributed by atoms with Crippen LogP contribution in [0.1, 0.15) is 58.7 Å². The van der Waals surface area contributed by atoms with Crippen LogP contribution in [0.25, 0.3) is 10.9 Å². The lowest BCUT2D eigenvalue weighted by molar-refractivity contribution is -0.136. The Balaban J connectivity index is 1.38. The summed E-state index contributed by atoms with van der Waals surface area (Å²) in [6.07, 6.45) is 1.29. The zero-order valence-corrected chi connectivity index (χ0v) is 19.1. The van der Waals surface area contributed by atoms with Gasteiger partial charge in [-0.05, 0) is 54.2 Å². The Kier molecular flexibility index (Phi) is 5.43. The molecule has 5 rings (SSSR count). The van der Waals surface area contributed by atoms with Gasteiger partial charge in [0.1, 0.15) is 11.7 Å². The Morgan fingerprint density at radius 1 is 1.15 bits per heavy atom. The molecule has 8 heteroatoms. The van der Waals surface area contributed by atoms with Gasteiger partial charge in [0.25, 0.3) is 11.8 Å². The van der Waals surface area contributed by atoms with Crippen LogP contribution in [0.2, 0.25) is 0 Å². The van der Waals surface area contributed by atoms with Gasteiger partial charge in [0.2, 0.25) is 11.8 Å². The van der Waals surface area contributed by atoms with E-state index in [1.54, 1.807) is 18.2 Å². The summed E-state index contributed by atoms with van der Waals surface area (Å²) < 4.78 is 0. The second-order valence-corrected chi connectivity index (χ2v) is 9.35. The van der Waals surface area contributed by atoms with Gasteiger partial charge in [-0.25, -0.2) is 0 Å². The highest BCUT2D eigenvalue weighted by Gasteiger charge is 2.39. The Bertz CT molecular complexity index is 1340. The third kappa shape index (κ3) is 3.85. The maximum atomic E-state index is 13.2. The molecule has 0 spiro atoms. The fraction of sp³-hybridized carbons (Fsp3) is 0.308. The van der Waals surface area contributed by atoms with Crippen LogP contribution < -0.4 is 10.6 Å². The van der Waals surface area contributed by atoms with Crippen LogP contribution in [0, 0.1) is 5.92 Å². The van der Waals surface area contributed by atoms with Crippen LogP contribution in [-0.4, -0.2) is 39.6 Å². The van der Waals surface area contributed by atoms with E-state index in [4.69, 9.17) is 0 Å². The molecule has 1 aromatic heterocycles. The Morgan fingerprint density at radius 3 is 2.71 bits per heavy atom. The molecule has 1 fully saturated rings. The van der Waals surface area contributed by atoms with E-state index in [1.165, 1.54) is 4.90 Å². The molecule has 3 heterocycles. The summed E-state index contributed by atoms with van der Waals surface area (Å²) in [5.41, 5.74) is 4.28. The number of aromatic nitrogens is 1. The molecular weight excluding hydrogens is 432 g/mol. The smallest absolute Gasteiger partial charge is 0.272 e. The minimum absolute atomic E-state index is 0.209. The highest BCUT2D eigenvalue weighted by Crippen LogP contribution is 2.30. The number of carbonyl (C=O) groups is 4. The van der Waals surface area contributed by atoms with Gasteiger partial charge in [0, 0.05) is 35.1 Å². The summed E-state index contributed by atoms with van der Waals surface area (Å²) in [5, 5.41) is 6.31. The van der Waals surface area contributed by atoms with Crippen LogP contribution in [0.4, 0.5) is 5.69 Å². The van der Waals surface area contributed by atoms with Crippen molar-refractivity contribution in [3.63, 3.8) is 0 Å². The molecule has 1 unspecified atom stereocenters. The number of carbonyl (C=O) groups excluding carboxylic acids is 4. The number of fused-ring (bicyclic) bond motifs is 2. The third-order valence-corrected chi connectivity index (χ3v) is 6.43. The third-order valence-electron chi connectivity index (χ3n) is 6.43. The molecule has 0 radical (unpaired) electrons. The number of nitrogens with one attached hydrogen (secondary N) is 3. The lowest BCUT2D eigenvalue weighted by atomic mass is 9.99. The summed E-state index contributed by atoms with van der Waals surface area (Å²) >= 11 is 0. The SMILES string of the molecule is CC(C)Cc1c(C(=O)Nc2ccc3c(c2)CN(C2CCC(=O)NC2=O)C3=O)[nH]c2ccccc12. The summed E-state index contributed by atoms with van der Waals surface area (Å²) in [6.45, 7) is 4.50. The molecule has 1 atom stereocenters. The molecule has 8 nitrogen and oxygen atoms in total. The minimum Gasteiger partial charge on any atom is -0.350 e. The van der Waals surface area contributed by atoms with Crippen molar-refractivity contribution in [1.82, 2.24) is 15.2 Å². The van der Waals surface area contributed by atoms with Crippen molar-refractivity contribution in [2.45, 2.75) is 45.7 Å². The number of imide groups is 1. The van der Waals surface area contributed by atoms with Crippen molar-refractivity contribution in [3.8, 4) is 0 Å². The quantitative estimate of drug-likeness (QED) is 0.509. The summed E-state index contributed by atoms with van der Waals surface area (Å²) in [4.78, 5) is 54.6. The molecule has 1 saturated heterocycles. The van der Waals surface area contributed by atoms with Crippen LogP contribution in [-0.2, 0) is 22.6 Å². The van der Waals surface area contributed by atoms with E-state index in [-0.39, 0.29) is 30.7 Å². The van der Waals surface area contributed by atoms with Crippen molar-refractivity contribution in [1.29, 1.82) is 0 Å². The predicted octanol–water partition coefficient (Wildman–Crippen LogP) is 3.38. The fourth-order valence-electron chi connectivity index (χ4n) is 4.86. The van der Waals surface area contributed by atoms with Crippen LogP contribution in [0.5, 0.6) is 0 Å². The molecule has 3 aromatic rings.